The first-order valence-electron chi connectivity index (χ1n) is 34.7. The number of rotatable bonds is 9. The molecule has 0 unspecified atom stereocenters. The molecule has 3 aliphatic heterocycles. The van der Waals surface area contributed by atoms with Gasteiger partial charge in [-0.15, -0.1) is 56.1 Å². The number of aromatic amines is 3. The number of benzene rings is 3. The molecule has 0 spiro atoms. The molecule has 0 amide bonds. The Labute approximate surface area is 599 Å². The summed E-state index contributed by atoms with van der Waals surface area (Å²) in [6.07, 6.45) is 8.82. The van der Waals surface area contributed by atoms with Crippen molar-refractivity contribution in [2.75, 3.05) is 0 Å². The van der Waals surface area contributed by atoms with Crippen molar-refractivity contribution in [2.45, 2.75) is 173 Å². The summed E-state index contributed by atoms with van der Waals surface area (Å²) in [7, 11) is 0. The molecule has 33 heteroatoms. The largest absolute Gasteiger partial charge is 0.507 e. The second kappa shape index (κ2) is 25.2. The molecule has 0 atom stereocenters. The van der Waals surface area contributed by atoms with Crippen LogP contribution in [0.3, 0.4) is 0 Å². The second-order valence-electron chi connectivity index (χ2n) is 31.6. The smallest absolute Gasteiger partial charge is 0.202 e. The highest BCUT2D eigenvalue weighted by atomic mass is 16.3. The van der Waals surface area contributed by atoms with Crippen LogP contribution in [0.1, 0.15) is 140 Å². The third kappa shape index (κ3) is 13.6. The maximum Gasteiger partial charge on any atom is 0.202 e. The lowest BCUT2D eigenvalue weighted by atomic mass is 9.79. The summed E-state index contributed by atoms with van der Waals surface area (Å²) in [6, 6.07) is 29.4. The monoisotopic (exact) mass is 1410 g/mol. The normalized spacial score (nSPS) is 17.8. The lowest BCUT2D eigenvalue weighted by Crippen LogP contribution is -2.58. The van der Waals surface area contributed by atoms with E-state index in [4.69, 9.17) is 0 Å². The number of pyridine rings is 3. The van der Waals surface area contributed by atoms with E-state index in [0.29, 0.717) is 112 Å². The minimum Gasteiger partial charge on any atom is -0.507 e. The van der Waals surface area contributed by atoms with Gasteiger partial charge in [0.2, 0.25) is 28.2 Å². The molecule has 0 bridgehead atoms. The van der Waals surface area contributed by atoms with Crippen LogP contribution < -0.4 is 16.0 Å². The van der Waals surface area contributed by atoms with Crippen molar-refractivity contribution in [3.63, 3.8) is 0 Å². The molecule has 18 rings (SSSR count). The zero-order valence-electron chi connectivity index (χ0n) is 59.9. The Hall–Kier alpha value is -12.0. The van der Waals surface area contributed by atoms with Crippen LogP contribution in [0.25, 0.3) is 134 Å². The molecule has 0 radical (unpaired) electrons. The highest BCUT2D eigenvalue weighted by Crippen LogP contribution is 2.42. The Morgan fingerprint density at radius 3 is 1.15 bits per heavy atom. The summed E-state index contributed by atoms with van der Waals surface area (Å²) in [5.74, 6) is 0.241. The average molecular weight is 1410 g/mol. The molecule has 15 heterocycles. The maximum atomic E-state index is 10.8. The summed E-state index contributed by atoms with van der Waals surface area (Å²) in [4.78, 5) is 13.2. The number of H-pyrrole nitrogens is 3. The van der Waals surface area contributed by atoms with E-state index in [9.17, 15) is 15.3 Å². The number of piperidine rings is 3. The predicted octanol–water partition coefficient (Wildman–Crippen LogP) is 10.2. The average Bonchev–Trinajstić information content (AvgIpc) is 1.73. The molecule has 3 aromatic carbocycles. The van der Waals surface area contributed by atoms with E-state index in [0.717, 1.165) is 60.8 Å². The quantitative estimate of drug-likeness (QED) is 0.0648. The molecular formula is C72H78N30O3. The van der Waals surface area contributed by atoms with E-state index in [1.54, 1.807) is 42.7 Å². The van der Waals surface area contributed by atoms with Crippen LogP contribution in [-0.4, -0.2) is 185 Å². The van der Waals surface area contributed by atoms with Gasteiger partial charge in [-0.05, 0) is 206 Å². The fourth-order valence-electron chi connectivity index (χ4n) is 16.2. The molecule has 15 aromatic rings. The molecule has 12 aromatic heterocycles. The van der Waals surface area contributed by atoms with Crippen LogP contribution in [0.15, 0.2) is 109 Å². The van der Waals surface area contributed by atoms with E-state index in [1.807, 2.05) is 80.8 Å². The number of hydrogen-bond donors (Lipinski definition) is 9. The number of nitrogens with one attached hydrogen (secondary N) is 6. The first-order valence-corrected chi connectivity index (χ1v) is 34.7. The van der Waals surface area contributed by atoms with Crippen LogP contribution in [0.5, 0.6) is 17.2 Å². The number of aromatic nitrogens is 27. The Kier molecular flexibility index (Phi) is 16.2. The molecular weight excluding hydrogens is 1330 g/mol. The maximum absolute atomic E-state index is 10.8. The fraction of sp³-hybridized carbons (Fsp3) is 0.375. The van der Waals surface area contributed by atoms with E-state index >= 15 is 0 Å². The Bertz CT molecular complexity index is 5210. The summed E-state index contributed by atoms with van der Waals surface area (Å²) >= 11 is 0. The molecule has 33 nitrogen and oxygen atoms in total. The number of phenolic OH excluding ortho intramolecular Hbond substituents is 3. The van der Waals surface area contributed by atoms with Crippen molar-refractivity contribution < 1.29 is 15.3 Å². The van der Waals surface area contributed by atoms with E-state index in [-0.39, 0.29) is 68.6 Å². The summed E-state index contributed by atoms with van der Waals surface area (Å²) in [5, 5.41) is 128. The van der Waals surface area contributed by atoms with Gasteiger partial charge in [-0.1, -0.05) is 33.8 Å². The van der Waals surface area contributed by atoms with Crippen molar-refractivity contribution in [2.24, 2.45) is 0 Å². The van der Waals surface area contributed by atoms with Crippen LogP contribution in [0, 0.1) is 0 Å². The lowest BCUT2D eigenvalue weighted by Gasteiger charge is -2.46. The van der Waals surface area contributed by atoms with Gasteiger partial charge in [0, 0.05) is 72.8 Å². The van der Waals surface area contributed by atoms with Crippen LogP contribution in [0.2, 0.25) is 0 Å². The zero-order chi connectivity index (χ0) is 73.1. The van der Waals surface area contributed by atoms with Gasteiger partial charge in [0.1, 0.15) is 55.9 Å². The van der Waals surface area contributed by atoms with Gasteiger partial charge in [-0.2, -0.15) is 36.0 Å². The first-order chi connectivity index (χ1) is 50.0. The molecule has 534 valence electrons. The summed E-state index contributed by atoms with van der Waals surface area (Å²) in [6.45, 7) is 26.4. The van der Waals surface area contributed by atoms with Gasteiger partial charge in [0.25, 0.3) is 0 Å². The van der Waals surface area contributed by atoms with E-state index < -0.39 is 0 Å². The molecule has 105 heavy (non-hydrogen) atoms. The number of nitrogens with zero attached hydrogens (tertiary/aromatic N) is 24. The second-order valence-corrected chi connectivity index (χ2v) is 31.6. The highest BCUT2D eigenvalue weighted by Gasteiger charge is 2.43. The molecule has 0 aliphatic carbocycles. The third-order valence-corrected chi connectivity index (χ3v) is 19.5. The van der Waals surface area contributed by atoms with Gasteiger partial charge in [0.15, 0.2) is 0 Å². The zero-order valence-corrected chi connectivity index (χ0v) is 59.9. The van der Waals surface area contributed by atoms with Gasteiger partial charge < -0.3 is 31.3 Å². The summed E-state index contributed by atoms with van der Waals surface area (Å²) < 4.78 is 5.68. The molecule has 9 N–H and O–H groups in total. The number of aromatic hydroxyl groups is 3. The van der Waals surface area contributed by atoms with Crippen LogP contribution in [-0.2, 0) is 0 Å². The van der Waals surface area contributed by atoms with E-state index in [2.05, 4.69) is 222 Å². The fourth-order valence-corrected chi connectivity index (χ4v) is 16.2. The van der Waals surface area contributed by atoms with Crippen molar-refractivity contribution in [3.8, 4) is 84.7 Å². The van der Waals surface area contributed by atoms with Crippen molar-refractivity contribution in [3.05, 3.63) is 109 Å². The Morgan fingerprint density at radius 2 is 0.695 bits per heavy atom. The Balaban J connectivity index is 0.000000121. The Morgan fingerprint density at radius 1 is 0.314 bits per heavy atom. The number of hydrogen-bond acceptors (Lipinski definition) is 27. The predicted molar refractivity (Wildman–Crippen MR) is 391 cm³/mol. The third-order valence-electron chi connectivity index (χ3n) is 19.5. The summed E-state index contributed by atoms with van der Waals surface area (Å²) in [5.41, 5.74) is 15.3. The number of phenols is 3. The molecule has 3 saturated heterocycles. The van der Waals surface area contributed by atoms with Crippen molar-refractivity contribution in [1.29, 1.82) is 0 Å². The van der Waals surface area contributed by atoms with Crippen LogP contribution >= 0.6 is 0 Å². The highest BCUT2D eigenvalue weighted by molar-refractivity contribution is 5.85. The molecule has 0 saturated carbocycles. The topological polar surface area (TPSA) is 430 Å². The first kappa shape index (κ1) is 67.5. The van der Waals surface area contributed by atoms with Gasteiger partial charge in [0.05, 0.1) is 52.8 Å². The molecule has 3 aliphatic rings. The number of fused-ring (bicyclic) bond motifs is 6. The van der Waals surface area contributed by atoms with Crippen molar-refractivity contribution in [1.82, 2.24) is 153 Å². The standard InChI is InChI=1S/3C24H26N10O/c1-23(2)10-15(11-24(3,4)31-23)34-22-19(28-33-34)9-17(26-30-22)16-6-5-13(8-20(16)35)14-7-18-21(25-12-14)29-32-27-18;1-23(2)10-14(11-24(3,4)31-23)34-22-19(29-33-34)9-17(26-30-22)15-6-5-13(7-21(15)35)16-8-18-20(12-25-16)28-32-27-18;1-23(2)11-14(12-24(3,4)31-23)34-22-19(28-33-34)10-18(26-30-22)15-6-5-13(9-20(15)35)16-7-8-17-21(25-16)29-32-27-17/h5-9,12,15,31,35H,10-11H2,1-4H3,(H,25,27,29,32);5-9,12,14,31,35H,10-11H2,1-4H3,(H,27,28,32);5-10,14,31,35H,11-12H2,1-4H3,(H,25,27,29,32). The van der Waals surface area contributed by atoms with Gasteiger partial charge >= 0.3 is 0 Å². The van der Waals surface area contributed by atoms with Gasteiger partial charge in [-0.3, -0.25) is 4.98 Å². The van der Waals surface area contributed by atoms with Crippen LogP contribution in [0.4, 0.5) is 0 Å². The molecule has 3 fully saturated rings. The SMILES string of the molecule is CC1(C)CC(n2nnc3cc(-c4ccc(-c5cc6n[nH]nc6cn5)cc4O)nnc32)CC(C)(C)N1.CC1(C)CC(n2nnc3cc(-c4ccc(-c5ccc6n[nH]nc6n5)cc4O)nnc32)CC(C)(C)N1.CC1(C)CC(n2nnc3cc(-c4ccc(-c5cnc6n[nH]nc6c5)cc4O)nnc32)CC(C)(C)N1. The minimum absolute atomic E-state index is 0.0285. The minimum atomic E-state index is -0.0291. The van der Waals surface area contributed by atoms with E-state index in [1.165, 1.54) is 0 Å². The van der Waals surface area contributed by atoms with Gasteiger partial charge in [-0.25, -0.2) is 24.0 Å². The van der Waals surface area contributed by atoms with Crippen molar-refractivity contribution >= 4 is 66.9 Å². The lowest BCUT2D eigenvalue weighted by molar-refractivity contribution is 0.126.